The van der Waals surface area contributed by atoms with Gasteiger partial charge in [-0.05, 0) is 37.2 Å². The number of halogens is 2. The van der Waals surface area contributed by atoms with Gasteiger partial charge in [0.25, 0.3) is 0 Å². The van der Waals surface area contributed by atoms with Gasteiger partial charge in [-0.15, -0.1) is 0 Å². The predicted molar refractivity (Wildman–Crippen MR) is 100 cm³/mol. The van der Waals surface area contributed by atoms with Crippen LogP contribution in [0.4, 0.5) is 5.69 Å². The van der Waals surface area contributed by atoms with Gasteiger partial charge in [-0.25, -0.2) is 0 Å². The Morgan fingerprint density at radius 2 is 1.67 bits per heavy atom. The van der Waals surface area contributed by atoms with Gasteiger partial charge in [0.15, 0.2) is 5.11 Å². The standard InChI is InChI=1S/C16H17Cl2N3O2S/c17-11-6-3-7-12(18)15(11)21-16(24)20-14(23)9-8-13(22)19-10-4-1-2-5-10/h3,6-10H,1-2,4-5H2,(H,19,22)(H2,20,21,23,24)/b9-8+. The van der Waals surface area contributed by atoms with Crippen LogP contribution in [0.2, 0.25) is 10.0 Å². The lowest BCUT2D eigenvalue weighted by molar-refractivity contribution is -0.118. The average molecular weight is 386 g/mol. The van der Waals surface area contributed by atoms with Gasteiger partial charge in [0.1, 0.15) is 0 Å². The molecule has 1 aliphatic rings. The summed E-state index contributed by atoms with van der Waals surface area (Å²) in [5.41, 5.74) is 0.411. The molecule has 0 bridgehead atoms. The minimum absolute atomic E-state index is 0.0378. The van der Waals surface area contributed by atoms with Crippen LogP contribution in [0, 0.1) is 0 Å². The summed E-state index contributed by atoms with van der Waals surface area (Å²) in [4.78, 5) is 23.5. The molecule has 0 heterocycles. The zero-order chi connectivity index (χ0) is 17.5. The molecule has 1 aromatic carbocycles. The number of hydrogen-bond acceptors (Lipinski definition) is 3. The molecule has 1 aromatic rings. The molecule has 2 amide bonds. The summed E-state index contributed by atoms with van der Waals surface area (Å²) in [5, 5.41) is 8.84. The minimum atomic E-state index is -0.516. The quantitative estimate of drug-likeness (QED) is 0.548. The molecular formula is C16H17Cl2N3O2S. The number of hydrogen-bond donors (Lipinski definition) is 3. The van der Waals surface area contributed by atoms with Gasteiger partial charge in [-0.2, -0.15) is 0 Å². The Labute approximate surface area is 155 Å². The Balaban J connectivity index is 1.81. The maximum Gasteiger partial charge on any atom is 0.250 e. The van der Waals surface area contributed by atoms with E-state index in [1.165, 1.54) is 6.08 Å². The molecule has 5 nitrogen and oxygen atoms in total. The predicted octanol–water partition coefficient (Wildman–Crippen LogP) is 3.42. The number of anilines is 1. The van der Waals surface area contributed by atoms with Gasteiger partial charge in [-0.1, -0.05) is 42.1 Å². The van der Waals surface area contributed by atoms with Crippen LogP contribution in [-0.4, -0.2) is 23.0 Å². The highest BCUT2D eigenvalue weighted by atomic mass is 35.5. The fourth-order valence-corrected chi connectivity index (χ4v) is 3.08. The van der Waals surface area contributed by atoms with E-state index in [2.05, 4.69) is 16.0 Å². The van der Waals surface area contributed by atoms with E-state index in [-0.39, 0.29) is 17.1 Å². The molecule has 0 aromatic heterocycles. The monoisotopic (exact) mass is 385 g/mol. The Bertz CT molecular complexity index is 653. The number of para-hydroxylation sites is 1. The third-order valence-electron chi connectivity index (χ3n) is 3.53. The SMILES string of the molecule is O=C(/C=C/C(=O)NC1CCCC1)NC(=S)Nc1c(Cl)cccc1Cl. The Hall–Kier alpha value is -1.63. The van der Waals surface area contributed by atoms with Crippen LogP contribution in [0.1, 0.15) is 25.7 Å². The lowest BCUT2D eigenvalue weighted by Crippen LogP contribution is -2.34. The number of carbonyl (C=O) groups excluding carboxylic acids is 2. The van der Waals surface area contributed by atoms with Crippen LogP contribution in [0.3, 0.4) is 0 Å². The van der Waals surface area contributed by atoms with Crippen molar-refractivity contribution in [3.05, 3.63) is 40.4 Å². The van der Waals surface area contributed by atoms with E-state index in [1.807, 2.05) is 0 Å². The Kier molecular flexibility index (Phi) is 7.02. The van der Waals surface area contributed by atoms with Gasteiger partial charge >= 0.3 is 0 Å². The number of nitrogens with one attached hydrogen (secondary N) is 3. The van der Waals surface area contributed by atoms with Crippen molar-refractivity contribution >= 4 is 58.0 Å². The van der Waals surface area contributed by atoms with Crippen molar-refractivity contribution in [2.75, 3.05) is 5.32 Å². The summed E-state index contributed by atoms with van der Waals surface area (Å²) in [6.07, 6.45) is 6.54. The molecule has 128 valence electrons. The van der Waals surface area contributed by atoms with E-state index in [4.69, 9.17) is 35.4 Å². The first-order valence-electron chi connectivity index (χ1n) is 7.50. The molecule has 24 heavy (non-hydrogen) atoms. The number of thiocarbonyl (C=S) groups is 1. The molecule has 0 atom stereocenters. The molecule has 0 radical (unpaired) electrons. The lowest BCUT2D eigenvalue weighted by Gasteiger charge is -2.11. The van der Waals surface area contributed by atoms with Crippen molar-refractivity contribution < 1.29 is 9.59 Å². The van der Waals surface area contributed by atoms with Gasteiger partial charge < -0.3 is 10.6 Å². The van der Waals surface area contributed by atoms with Crippen LogP contribution in [0.25, 0.3) is 0 Å². The van der Waals surface area contributed by atoms with E-state index in [1.54, 1.807) is 18.2 Å². The molecule has 1 fully saturated rings. The largest absolute Gasteiger partial charge is 0.350 e. The summed E-state index contributed by atoms with van der Waals surface area (Å²) in [6, 6.07) is 5.19. The average Bonchev–Trinajstić information content (AvgIpc) is 3.02. The molecule has 3 N–H and O–H groups in total. The van der Waals surface area contributed by atoms with Crippen molar-refractivity contribution in [3.63, 3.8) is 0 Å². The highest BCUT2D eigenvalue weighted by Gasteiger charge is 2.16. The number of rotatable bonds is 4. The highest BCUT2D eigenvalue weighted by Crippen LogP contribution is 2.29. The first-order chi connectivity index (χ1) is 11.5. The molecule has 0 spiro atoms. The molecule has 1 saturated carbocycles. The van der Waals surface area contributed by atoms with E-state index in [0.29, 0.717) is 15.7 Å². The topological polar surface area (TPSA) is 70.2 Å². The number of amides is 2. The van der Waals surface area contributed by atoms with Crippen molar-refractivity contribution in [3.8, 4) is 0 Å². The second kappa shape index (κ2) is 9.01. The third kappa shape index (κ3) is 5.78. The van der Waals surface area contributed by atoms with Crippen LogP contribution >= 0.6 is 35.4 Å². The van der Waals surface area contributed by atoms with E-state index < -0.39 is 5.91 Å². The fourth-order valence-electron chi connectivity index (χ4n) is 2.39. The number of benzene rings is 1. The molecule has 0 unspecified atom stereocenters. The normalized spacial score (nSPS) is 14.6. The van der Waals surface area contributed by atoms with E-state index in [0.717, 1.165) is 31.8 Å². The Morgan fingerprint density at radius 1 is 1.08 bits per heavy atom. The minimum Gasteiger partial charge on any atom is -0.350 e. The van der Waals surface area contributed by atoms with Gasteiger partial charge in [0.2, 0.25) is 11.8 Å². The Morgan fingerprint density at radius 3 is 2.29 bits per heavy atom. The second-order valence-corrected chi connectivity index (χ2v) is 6.59. The van der Waals surface area contributed by atoms with Crippen LogP contribution in [0.15, 0.2) is 30.4 Å². The molecule has 8 heteroatoms. The maximum atomic E-state index is 11.8. The number of carbonyl (C=O) groups is 2. The van der Waals surface area contributed by atoms with Gasteiger partial charge in [0.05, 0.1) is 15.7 Å². The van der Waals surface area contributed by atoms with Crippen molar-refractivity contribution in [2.45, 2.75) is 31.7 Å². The molecule has 1 aliphatic carbocycles. The summed E-state index contributed by atoms with van der Waals surface area (Å²) < 4.78 is 0. The molecular weight excluding hydrogens is 369 g/mol. The smallest absolute Gasteiger partial charge is 0.250 e. The fraction of sp³-hybridized carbons (Fsp3) is 0.312. The van der Waals surface area contributed by atoms with Crippen LogP contribution < -0.4 is 16.0 Å². The maximum absolute atomic E-state index is 11.8. The second-order valence-electron chi connectivity index (χ2n) is 5.36. The van der Waals surface area contributed by atoms with Crippen LogP contribution in [0.5, 0.6) is 0 Å². The van der Waals surface area contributed by atoms with Gasteiger partial charge in [-0.3, -0.25) is 14.9 Å². The summed E-state index contributed by atoms with van der Waals surface area (Å²) >= 11 is 17.0. The zero-order valence-corrected chi connectivity index (χ0v) is 15.1. The first kappa shape index (κ1) is 18.7. The highest BCUT2D eigenvalue weighted by molar-refractivity contribution is 7.80. The van der Waals surface area contributed by atoms with E-state index >= 15 is 0 Å². The van der Waals surface area contributed by atoms with Crippen LogP contribution in [-0.2, 0) is 9.59 Å². The summed E-state index contributed by atoms with van der Waals surface area (Å²) in [6.45, 7) is 0. The molecule has 0 aliphatic heterocycles. The molecule has 2 rings (SSSR count). The molecule has 0 saturated heterocycles. The first-order valence-corrected chi connectivity index (χ1v) is 8.66. The van der Waals surface area contributed by atoms with E-state index in [9.17, 15) is 9.59 Å². The van der Waals surface area contributed by atoms with Crippen molar-refractivity contribution in [2.24, 2.45) is 0 Å². The van der Waals surface area contributed by atoms with Gasteiger partial charge in [0, 0.05) is 18.2 Å². The zero-order valence-electron chi connectivity index (χ0n) is 12.8. The summed E-state index contributed by atoms with van der Waals surface area (Å²) in [7, 11) is 0. The van der Waals surface area contributed by atoms with Crippen molar-refractivity contribution in [1.29, 1.82) is 0 Å². The third-order valence-corrected chi connectivity index (χ3v) is 4.36. The summed E-state index contributed by atoms with van der Waals surface area (Å²) in [5.74, 6) is -0.803. The lowest BCUT2D eigenvalue weighted by atomic mass is 10.2. The van der Waals surface area contributed by atoms with Crippen molar-refractivity contribution in [1.82, 2.24) is 10.6 Å².